The van der Waals surface area contributed by atoms with E-state index in [1.54, 1.807) is 37.4 Å². The highest BCUT2D eigenvalue weighted by Gasteiger charge is 2.33. The molecule has 0 bridgehead atoms. The Kier molecular flexibility index (Phi) is 7.06. The monoisotopic (exact) mass is 410 g/mol. The van der Waals surface area contributed by atoms with E-state index in [-0.39, 0.29) is 17.9 Å². The summed E-state index contributed by atoms with van der Waals surface area (Å²) in [5.41, 5.74) is 1.43. The maximum atomic E-state index is 12.4. The molecule has 2 atom stereocenters. The van der Waals surface area contributed by atoms with Crippen molar-refractivity contribution in [1.29, 1.82) is 0 Å². The molecule has 7 heteroatoms. The van der Waals surface area contributed by atoms with Gasteiger partial charge in [-0.25, -0.2) is 4.79 Å². The maximum absolute atomic E-state index is 12.4. The van der Waals surface area contributed by atoms with Gasteiger partial charge in [0.2, 0.25) is 0 Å². The molecular weight excluding hydrogens is 384 g/mol. The van der Waals surface area contributed by atoms with Crippen LogP contribution in [0.1, 0.15) is 41.7 Å². The number of amides is 2. The van der Waals surface area contributed by atoms with Gasteiger partial charge in [0, 0.05) is 5.56 Å². The minimum atomic E-state index is -0.869. The quantitative estimate of drug-likeness (QED) is 0.620. The normalized spacial score (nSPS) is 14.9. The first-order chi connectivity index (χ1) is 14.5. The minimum Gasteiger partial charge on any atom is -0.497 e. The summed E-state index contributed by atoms with van der Waals surface area (Å²) in [7, 11) is 1.60. The van der Waals surface area contributed by atoms with Gasteiger partial charge in [-0.05, 0) is 55.5 Å². The van der Waals surface area contributed by atoms with Gasteiger partial charge >= 0.3 is 5.97 Å². The van der Waals surface area contributed by atoms with Crippen molar-refractivity contribution in [3.8, 4) is 5.75 Å². The Bertz CT molecular complexity index is 878. The molecule has 30 heavy (non-hydrogen) atoms. The van der Waals surface area contributed by atoms with Crippen LogP contribution in [0.5, 0.6) is 5.75 Å². The zero-order valence-electron chi connectivity index (χ0n) is 17.1. The third-order valence-electron chi connectivity index (χ3n) is 4.97. The minimum absolute atomic E-state index is 0.127. The molecule has 0 heterocycles. The highest BCUT2D eigenvalue weighted by molar-refractivity contribution is 5.96. The molecule has 1 fully saturated rings. The topological polar surface area (TPSA) is 93.7 Å². The van der Waals surface area contributed by atoms with E-state index in [2.05, 4.69) is 10.6 Å². The third-order valence-corrected chi connectivity index (χ3v) is 4.97. The lowest BCUT2D eigenvalue weighted by molar-refractivity contribution is -0.150. The molecule has 2 aromatic rings. The molecule has 158 valence electrons. The van der Waals surface area contributed by atoms with E-state index < -0.39 is 18.6 Å². The Morgan fingerprint density at radius 1 is 1.00 bits per heavy atom. The molecule has 2 aromatic carbocycles. The molecule has 0 aliphatic heterocycles. The van der Waals surface area contributed by atoms with Crippen LogP contribution in [0.2, 0.25) is 0 Å². The molecular formula is C23H26N2O5. The Labute approximate surface area is 175 Å². The molecule has 0 spiro atoms. The molecule has 3 rings (SSSR count). The number of methoxy groups -OCH3 is 1. The predicted octanol–water partition coefficient (Wildman–Crippen LogP) is 2.62. The van der Waals surface area contributed by atoms with Crippen LogP contribution in [0.4, 0.5) is 0 Å². The maximum Gasteiger partial charge on any atom is 0.328 e. The summed E-state index contributed by atoms with van der Waals surface area (Å²) in [6.07, 6.45) is 2.08. The van der Waals surface area contributed by atoms with Crippen LogP contribution in [-0.4, -0.2) is 37.5 Å². The van der Waals surface area contributed by atoms with E-state index in [1.165, 1.54) is 6.92 Å². The van der Waals surface area contributed by atoms with Crippen LogP contribution in [0.3, 0.4) is 0 Å². The third kappa shape index (κ3) is 5.83. The smallest absolute Gasteiger partial charge is 0.328 e. The Balaban J connectivity index is 1.48. The molecule has 1 saturated carbocycles. The van der Waals surface area contributed by atoms with Crippen LogP contribution >= 0.6 is 0 Å². The fourth-order valence-corrected chi connectivity index (χ4v) is 3.12. The van der Waals surface area contributed by atoms with E-state index >= 15 is 0 Å². The number of hydrogen-bond acceptors (Lipinski definition) is 5. The molecule has 0 aromatic heterocycles. The number of hydrogen-bond donors (Lipinski definition) is 2. The van der Waals surface area contributed by atoms with Crippen molar-refractivity contribution >= 4 is 17.8 Å². The van der Waals surface area contributed by atoms with Crippen molar-refractivity contribution < 1.29 is 23.9 Å². The first-order valence-electron chi connectivity index (χ1n) is 9.94. The lowest BCUT2D eigenvalue weighted by Gasteiger charge is -2.19. The second kappa shape index (κ2) is 9.91. The first kappa shape index (κ1) is 21.4. The molecule has 0 radical (unpaired) electrons. The van der Waals surface area contributed by atoms with Crippen LogP contribution in [0.25, 0.3) is 0 Å². The molecule has 1 aliphatic rings. The second-order valence-corrected chi connectivity index (χ2v) is 7.32. The summed E-state index contributed by atoms with van der Waals surface area (Å²) in [5.74, 6) is -0.292. The Hall–Kier alpha value is -3.35. The molecule has 2 N–H and O–H groups in total. The van der Waals surface area contributed by atoms with Gasteiger partial charge in [-0.2, -0.15) is 0 Å². The van der Waals surface area contributed by atoms with Gasteiger partial charge in [-0.3, -0.25) is 9.59 Å². The van der Waals surface area contributed by atoms with Gasteiger partial charge in [0.1, 0.15) is 11.8 Å². The van der Waals surface area contributed by atoms with E-state index in [0.29, 0.717) is 11.5 Å². The number of ether oxygens (including phenoxy) is 2. The van der Waals surface area contributed by atoms with Gasteiger partial charge in [0.15, 0.2) is 6.61 Å². The lowest BCUT2D eigenvalue weighted by atomic mass is 10.0. The summed E-state index contributed by atoms with van der Waals surface area (Å²) in [6, 6.07) is 15.1. The average molecular weight is 410 g/mol. The molecule has 1 aliphatic carbocycles. The van der Waals surface area contributed by atoms with E-state index in [1.807, 2.05) is 24.3 Å². The lowest BCUT2D eigenvalue weighted by Crippen LogP contribution is -2.41. The zero-order chi connectivity index (χ0) is 21.5. The zero-order valence-corrected chi connectivity index (χ0v) is 17.1. The molecule has 1 unspecified atom stereocenters. The largest absolute Gasteiger partial charge is 0.497 e. The van der Waals surface area contributed by atoms with Crippen molar-refractivity contribution in [3.63, 3.8) is 0 Å². The standard InChI is InChI=1S/C23H26N2O5/c1-15(24-22(27)18-6-4-3-5-7-18)23(28)30-14-20(26)25-21(16-8-9-16)17-10-12-19(29-2)13-11-17/h3-7,10-13,15-16,21H,8-9,14H2,1-2H3,(H,24,27)(H,25,26)/t15-,21?/m0/s1. The van der Waals surface area contributed by atoms with E-state index in [0.717, 1.165) is 24.2 Å². The van der Waals surface area contributed by atoms with Crippen molar-refractivity contribution in [3.05, 3.63) is 65.7 Å². The summed E-state index contributed by atoms with van der Waals surface area (Å²) in [6.45, 7) is 1.12. The number of carbonyl (C=O) groups excluding carboxylic acids is 3. The number of benzene rings is 2. The van der Waals surface area contributed by atoms with Gasteiger partial charge in [0.05, 0.1) is 13.2 Å². The van der Waals surface area contributed by atoms with Crippen molar-refractivity contribution in [2.75, 3.05) is 13.7 Å². The van der Waals surface area contributed by atoms with Crippen LogP contribution in [0, 0.1) is 5.92 Å². The molecule has 2 amide bonds. The van der Waals surface area contributed by atoms with Gasteiger partial charge in [-0.1, -0.05) is 30.3 Å². The summed E-state index contributed by atoms with van der Waals surface area (Å²) < 4.78 is 10.3. The highest BCUT2D eigenvalue weighted by atomic mass is 16.5. The number of esters is 1. The number of nitrogens with one attached hydrogen (secondary N) is 2. The van der Waals surface area contributed by atoms with E-state index in [9.17, 15) is 14.4 Å². The molecule has 0 saturated heterocycles. The van der Waals surface area contributed by atoms with Gasteiger partial charge in [-0.15, -0.1) is 0 Å². The van der Waals surface area contributed by atoms with Gasteiger partial charge in [0.25, 0.3) is 11.8 Å². The fourth-order valence-electron chi connectivity index (χ4n) is 3.12. The fraction of sp³-hybridized carbons (Fsp3) is 0.348. The van der Waals surface area contributed by atoms with Crippen LogP contribution in [0.15, 0.2) is 54.6 Å². The Morgan fingerprint density at radius 3 is 2.27 bits per heavy atom. The average Bonchev–Trinajstić information content (AvgIpc) is 3.61. The Morgan fingerprint density at radius 2 is 1.67 bits per heavy atom. The van der Waals surface area contributed by atoms with Crippen molar-refractivity contribution in [2.45, 2.75) is 31.8 Å². The summed E-state index contributed by atoms with van der Waals surface area (Å²) in [4.78, 5) is 36.6. The van der Waals surface area contributed by atoms with Crippen molar-refractivity contribution in [2.24, 2.45) is 5.92 Å². The number of rotatable bonds is 9. The SMILES string of the molecule is COc1ccc(C(NC(=O)COC(=O)[C@H](C)NC(=O)c2ccccc2)C2CC2)cc1. The van der Waals surface area contributed by atoms with Crippen LogP contribution in [-0.2, 0) is 14.3 Å². The van der Waals surface area contributed by atoms with E-state index in [4.69, 9.17) is 9.47 Å². The summed E-state index contributed by atoms with van der Waals surface area (Å²) >= 11 is 0. The van der Waals surface area contributed by atoms with Gasteiger partial charge < -0.3 is 20.1 Å². The number of carbonyl (C=O) groups is 3. The highest BCUT2D eigenvalue weighted by Crippen LogP contribution is 2.41. The summed E-state index contributed by atoms with van der Waals surface area (Å²) in [5, 5.41) is 5.52. The van der Waals surface area contributed by atoms with Crippen molar-refractivity contribution in [1.82, 2.24) is 10.6 Å². The second-order valence-electron chi connectivity index (χ2n) is 7.32. The molecule has 7 nitrogen and oxygen atoms in total. The van der Waals surface area contributed by atoms with Crippen LogP contribution < -0.4 is 15.4 Å². The first-order valence-corrected chi connectivity index (χ1v) is 9.94. The predicted molar refractivity (Wildman–Crippen MR) is 111 cm³/mol.